The van der Waals surface area contributed by atoms with E-state index in [4.69, 9.17) is 10.5 Å². The van der Waals surface area contributed by atoms with Gasteiger partial charge in [-0.25, -0.2) is 4.39 Å². The molecule has 5 nitrogen and oxygen atoms in total. The van der Waals surface area contributed by atoms with Crippen molar-refractivity contribution in [3.05, 3.63) is 34.9 Å². The predicted octanol–water partition coefficient (Wildman–Crippen LogP) is 3.02. The van der Waals surface area contributed by atoms with Crippen molar-refractivity contribution in [3.63, 3.8) is 0 Å². The summed E-state index contributed by atoms with van der Waals surface area (Å²) >= 11 is 0. The van der Waals surface area contributed by atoms with Crippen LogP contribution in [0.4, 0.5) is 4.39 Å². The third-order valence-electron chi connectivity index (χ3n) is 5.67. The highest BCUT2D eigenvalue weighted by atomic mass is 19.1. The Bertz CT molecular complexity index is 709. The van der Waals surface area contributed by atoms with Crippen LogP contribution in [0.15, 0.2) is 18.2 Å². The molecule has 1 aromatic carbocycles. The molecule has 6 heteroatoms. The third-order valence-corrected chi connectivity index (χ3v) is 5.67. The number of esters is 1. The van der Waals surface area contributed by atoms with Gasteiger partial charge in [-0.15, -0.1) is 0 Å². The van der Waals surface area contributed by atoms with Crippen LogP contribution >= 0.6 is 0 Å². The van der Waals surface area contributed by atoms with Crippen LogP contribution in [0.3, 0.4) is 0 Å². The molecule has 2 N–H and O–H groups in total. The number of benzene rings is 1. The van der Waals surface area contributed by atoms with Gasteiger partial charge in [0.25, 0.3) is 0 Å². The summed E-state index contributed by atoms with van der Waals surface area (Å²) in [6.07, 6.45) is 5.26. The van der Waals surface area contributed by atoms with E-state index in [-0.39, 0.29) is 35.7 Å². The van der Waals surface area contributed by atoms with Crippen LogP contribution in [-0.2, 0) is 27.4 Å². The first-order chi connectivity index (χ1) is 12.4. The molecule has 0 aromatic heterocycles. The topological polar surface area (TPSA) is 86.5 Å². The maximum atomic E-state index is 13.2. The molecule has 0 radical (unpaired) electrons. The molecule has 1 saturated heterocycles. The second-order valence-corrected chi connectivity index (χ2v) is 7.40. The van der Waals surface area contributed by atoms with E-state index in [0.717, 1.165) is 31.2 Å². The molecule has 140 valence electrons. The first-order valence-electron chi connectivity index (χ1n) is 9.14. The van der Waals surface area contributed by atoms with Gasteiger partial charge in [-0.2, -0.15) is 0 Å². The SMILES string of the molecule is NC(=O)c1ccc(CCC2(C3CCCC3)CC(=O)CC(=O)O2)cc1CF. The molecule has 2 aliphatic rings. The van der Waals surface area contributed by atoms with E-state index in [9.17, 15) is 18.8 Å². The lowest BCUT2D eigenvalue weighted by Crippen LogP contribution is -2.48. The average molecular weight is 361 g/mol. The Labute approximate surface area is 152 Å². The molecule has 1 aliphatic carbocycles. The van der Waals surface area contributed by atoms with Crippen LogP contribution in [0.25, 0.3) is 0 Å². The van der Waals surface area contributed by atoms with Crippen molar-refractivity contribution >= 4 is 17.7 Å². The van der Waals surface area contributed by atoms with Crippen LogP contribution < -0.4 is 5.73 Å². The molecule has 1 unspecified atom stereocenters. The van der Waals surface area contributed by atoms with Crippen molar-refractivity contribution in [2.24, 2.45) is 11.7 Å². The number of hydrogen-bond donors (Lipinski definition) is 1. The summed E-state index contributed by atoms with van der Waals surface area (Å²) < 4.78 is 19.0. The number of primary amides is 1. The zero-order valence-electron chi connectivity index (χ0n) is 14.8. The number of cyclic esters (lactones) is 1. The molecular formula is C20H24FNO4. The Morgan fingerprint density at radius 1 is 1.27 bits per heavy atom. The molecular weight excluding hydrogens is 337 g/mol. The Balaban J connectivity index is 1.81. The zero-order valence-corrected chi connectivity index (χ0v) is 14.8. The van der Waals surface area contributed by atoms with Crippen LogP contribution in [0.5, 0.6) is 0 Å². The van der Waals surface area contributed by atoms with Crippen LogP contribution in [0.1, 0.15) is 66.4 Å². The molecule has 1 heterocycles. The number of carbonyl (C=O) groups excluding carboxylic acids is 3. The van der Waals surface area contributed by atoms with E-state index in [2.05, 4.69) is 0 Å². The number of Topliss-reactive ketones (excluding diaryl/α,β-unsaturated/α-hetero) is 1. The van der Waals surface area contributed by atoms with Gasteiger partial charge in [0.1, 0.15) is 24.5 Å². The molecule has 2 fully saturated rings. The Morgan fingerprint density at radius 3 is 2.62 bits per heavy atom. The number of hydrogen-bond acceptors (Lipinski definition) is 4. The Kier molecular flexibility index (Phi) is 5.39. The number of halogens is 1. The largest absolute Gasteiger partial charge is 0.458 e. The molecule has 0 bridgehead atoms. The Morgan fingerprint density at radius 2 is 2.00 bits per heavy atom. The standard InChI is InChI=1S/C20H24FNO4/c21-12-14-9-13(5-6-17(14)19(22)25)7-8-20(15-3-1-2-4-15)11-16(23)10-18(24)26-20/h5-6,9,15H,1-4,7-8,10-12H2,(H2,22,25). The van der Waals surface area contributed by atoms with Crippen molar-refractivity contribution in [1.29, 1.82) is 0 Å². The fourth-order valence-electron chi connectivity index (χ4n) is 4.39. The zero-order chi connectivity index (χ0) is 18.7. The fourth-order valence-corrected chi connectivity index (χ4v) is 4.39. The van der Waals surface area contributed by atoms with E-state index < -0.39 is 24.2 Å². The van der Waals surface area contributed by atoms with E-state index in [0.29, 0.717) is 12.8 Å². The minimum Gasteiger partial charge on any atom is -0.458 e. The maximum absolute atomic E-state index is 13.2. The van der Waals surface area contributed by atoms with Gasteiger partial charge in [0.2, 0.25) is 5.91 Å². The van der Waals surface area contributed by atoms with Crippen molar-refractivity contribution in [2.45, 2.75) is 63.6 Å². The second kappa shape index (κ2) is 7.56. The van der Waals surface area contributed by atoms with Gasteiger partial charge < -0.3 is 10.5 Å². The first kappa shape index (κ1) is 18.5. The summed E-state index contributed by atoms with van der Waals surface area (Å²) in [6, 6.07) is 4.91. The lowest BCUT2D eigenvalue weighted by molar-refractivity contribution is -0.178. The predicted molar refractivity (Wildman–Crippen MR) is 93.1 cm³/mol. The van der Waals surface area contributed by atoms with Gasteiger partial charge in [-0.3, -0.25) is 14.4 Å². The summed E-state index contributed by atoms with van der Waals surface area (Å²) in [5.74, 6) is -0.969. The third kappa shape index (κ3) is 3.79. The number of ketones is 1. The number of amides is 1. The molecule has 1 aliphatic heterocycles. The second-order valence-electron chi connectivity index (χ2n) is 7.40. The van der Waals surface area contributed by atoms with E-state index in [1.807, 2.05) is 0 Å². The smallest absolute Gasteiger partial charge is 0.313 e. The molecule has 0 spiro atoms. The number of carbonyl (C=O) groups is 3. The van der Waals surface area contributed by atoms with Crippen molar-refractivity contribution in [3.8, 4) is 0 Å². The normalized spacial score (nSPS) is 23.9. The molecule has 1 saturated carbocycles. The van der Waals surface area contributed by atoms with Crippen molar-refractivity contribution < 1.29 is 23.5 Å². The van der Waals surface area contributed by atoms with Crippen LogP contribution in [0, 0.1) is 5.92 Å². The van der Waals surface area contributed by atoms with E-state index in [1.54, 1.807) is 12.1 Å². The van der Waals surface area contributed by atoms with Crippen LogP contribution in [-0.4, -0.2) is 23.3 Å². The van der Waals surface area contributed by atoms with Gasteiger partial charge in [-0.05, 0) is 48.8 Å². The minimum absolute atomic E-state index is 0.0679. The number of ether oxygens (including phenoxy) is 1. The lowest BCUT2D eigenvalue weighted by Gasteiger charge is -2.41. The first-order valence-corrected chi connectivity index (χ1v) is 9.14. The fraction of sp³-hybridized carbons (Fsp3) is 0.550. The molecule has 1 atom stereocenters. The highest BCUT2D eigenvalue weighted by Crippen LogP contribution is 2.43. The Hall–Kier alpha value is -2.24. The quantitative estimate of drug-likeness (QED) is 0.623. The minimum atomic E-state index is -0.770. The van der Waals surface area contributed by atoms with E-state index >= 15 is 0 Å². The summed E-state index contributed by atoms with van der Waals surface area (Å²) in [4.78, 5) is 35.4. The van der Waals surface area contributed by atoms with Gasteiger partial charge in [0, 0.05) is 12.0 Å². The highest BCUT2D eigenvalue weighted by molar-refractivity contribution is 5.98. The molecule has 1 aromatic rings. The average Bonchev–Trinajstić information content (AvgIpc) is 3.14. The highest BCUT2D eigenvalue weighted by Gasteiger charge is 2.47. The van der Waals surface area contributed by atoms with Crippen LogP contribution in [0.2, 0.25) is 0 Å². The number of nitrogens with two attached hydrogens (primary N) is 1. The van der Waals surface area contributed by atoms with E-state index in [1.165, 1.54) is 6.07 Å². The summed E-state index contributed by atoms with van der Waals surface area (Å²) in [6.45, 7) is -0.770. The maximum Gasteiger partial charge on any atom is 0.313 e. The lowest BCUT2D eigenvalue weighted by atomic mass is 9.76. The van der Waals surface area contributed by atoms with Gasteiger partial charge >= 0.3 is 5.97 Å². The summed E-state index contributed by atoms with van der Waals surface area (Å²) in [7, 11) is 0. The number of aryl methyl sites for hydroxylation is 1. The summed E-state index contributed by atoms with van der Waals surface area (Å²) in [5, 5.41) is 0. The van der Waals surface area contributed by atoms with Crippen molar-refractivity contribution in [2.75, 3.05) is 0 Å². The molecule has 26 heavy (non-hydrogen) atoms. The molecule has 3 rings (SSSR count). The summed E-state index contributed by atoms with van der Waals surface area (Å²) in [5.41, 5.74) is 5.80. The van der Waals surface area contributed by atoms with Crippen molar-refractivity contribution in [1.82, 2.24) is 0 Å². The number of alkyl halides is 1. The van der Waals surface area contributed by atoms with Gasteiger partial charge in [0.15, 0.2) is 0 Å². The van der Waals surface area contributed by atoms with Gasteiger partial charge in [0.05, 0.1) is 0 Å². The van der Waals surface area contributed by atoms with Gasteiger partial charge in [-0.1, -0.05) is 25.0 Å². The number of rotatable bonds is 6. The monoisotopic (exact) mass is 361 g/mol. The molecule has 1 amide bonds.